The van der Waals surface area contributed by atoms with E-state index in [9.17, 15) is 14.1 Å². The van der Waals surface area contributed by atoms with E-state index in [1.54, 1.807) is 48.6 Å². The van der Waals surface area contributed by atoms with E-state index in [1.165, 1.54) is 0 Å². The van der Waals surface area contributed by atoms with Crippen molar-refractivity contribution in [1.29, 1.82) is 0 Å². The van der Waals surface area contributed by atoms with Crippen LogP contribution in [0.25, 0.3) is 0 Å². The molecule has 1 aliphatic heterocycles. The van der Waals surface area contributed by atoms with Gasteiger partial charge in [-0.25, -0.2) is 5.12 Å². The maximum absolute atomic E-state index is 14.2. The van der Waals surface area contributed by atoms with E-state index in [1.807, 2.05) is 12.1 Å². The molecule has 0 saturated heterocycles. The quantitative estimate of drug-likeness (QED) is 0.303. The zero-order valence-electron chi connectivity index (χ0n) is 18.8. The molecule has 1 aliphatic rings. The predicted molar refractivity (Wildman–Crippen MR) is 139 cm³/mol. The highest BCUT2D eigenvalue weighted by Gasteiger charge is 2.18. The highest BCUT2D eigenvalue weighted by atomic mass is 35.5. The lowest BCUT2D eigenvalue weighted by atomic mass is 10.1. The molecular formula is C24H30ClFN6O2. The number of halogens is 2. The number of benzene rings is 2. The van der Waals surface area contributed by atoms with Crippen molar-refractivity contribution in [3.05, 3.63) is 85.0 Å². The molecule has 0 aliphatic carbocycles. The van der Waals surface area contributed by atoms with Crippen LogP contribution in [-0.4, -0.2) is 50.4 Å². The summed E-state index contributed by atoms with van der Waals surface area (Å²) in [4.78, 5) is 27.0. The first-order chi connectivity index (χ1) is 16.0. The van der Waals surface area contributed by atoms with Gasteiger partial charge >= 0.3 is 0 Å². The number of para-hydroxylation sites is 2. The Hall–Kier alpha value is -3.85. The summed E-state index contributed by atoms with van der Waals surface area (Å²) in [6.07, 6.45) is 3.29. The number of carbonyl (C=O) groups is 2. The van der Waals surface area contributed by atoms with Gasteiger partial charge in [0.25, 0.3) is 11.8 Å². The summed E-state index contributed by atoms with van der Waals surface area (Å²) in [6.45, 7) is 9.45. The van der Waals surface area contributed by atoms with Gasteiger partial charge in [-0.2, -0.15) is 0 Å². The topological polar surface area (TPSA) is 112 Å². The van der Waals surface area contributed by atoms with Crippen LogP contribution in [-0.2, 0) is 0 Å². The Morgan fingerprint density at radius 2 is 1.74 bits per heavy atom. The second-order valence-corrected chi connectivity index (χ2v) is 6.87. The first-order valence-corrected chi connectivity index (χ1v) is 10.4. The van der Waals surface area contributed by atoms with Gasteiger partial charge in [0.2, 0.25) is 0 Å². The van der Waals surface area contributed by atoms with E-state index in [0.717, 1.165) is 12.2 Å². The van der Waals surface area contributed by atoms with Crippen LogP contribution in [0.5, 0.6) is 0 Å². The van der Waals surface area contributed by atoms with E-state index in [0.29, 0.717) is 36.2 Å². The highest BCUT2D eigenvalue weighted by Crippen LogP contribution is 2.21. The maximum atomic E-state index is 14.2. The summed E-state index contributed by atoms with van der Waals surface area (Å²) in [5, 5.41) is 9.19. The number of nitrogens with zero attached hydrogens (tertiary/aromatic N) is 2. The lowest BCUT2D eigenvalue weighted by Gasteiger charge is -2.17. The fraction of sp³-hybridized carbons (Fsp3) is 0.208. The molecule has 2 aromatic rings. The van der Waals surface area contributed by atoms with E-state index in [2.05, 4.69) is 34.1 Å². The van der Waals surface area contributed by atoms with Gasteiger partial charge in [-0.05, 0) is 24.3 Å². The summed E-state index contributed by atoms with van der Waals surface area (Å²) in [5.41, 5.74) is 6.95. The number of hydrogen-bond acceptors (Lipinski definition) is 6. The molecule has 0 fully saturated rings. The Labute approximate surface area is 205 Å². The molecule has 0 unspecified atom stereocenters. The number of primary amides is 1. The van der Waals surface area contributed by atoms with Gasteiger partial charge in [-0.1, -0.05) is 40.9 Å². The number of amides is 2. The number of hydrogen-bond donors (Lipinski definition) is 4. The fourth-order valence-electron chi connectivity index (χ4n) is 2.94. The first-order valence-electron chi connectivity index (χ1n) is 10.4. The van der Waals surface area contributed by atoms with Crippen molar-refractivity contribution < 1.29 is 14.1 Å². The number of carbonyl (C=O) groups excluding carboxylic acids is 2. The average Bonchev–Trinajstić information content (AvgIpc) is 3.34. The van der Waals surface area contributed by atoms with E-state index in [4.69, 9.17) is 5.73 Å². The number of anilines is 2. The van der Waals surface area contributed by atoms with Gasteiger partial charge < -0.3 is 21.7 Å². The minimum absolute atomic E-state index is 0. The summed E-state index contributed by atoms with van der Waals surface area (Å²) in [5.74, 6) is -0.162. The number of amidine groups is 1. The van der Waals surface area contributed by atoms with Crippen LogP contribution in [0.3, 0.4) is 0 Å². The number of nitrogens with two attached hydrogens (primary N) is 1. The molecule has 0 atom stereocenters. The Morgan fingerprint density at radius 1 is 1.09 bits per heavy atom. The first kappa shape index (κ1) is 28.2. The third-order valence-electron chi connectivity index (χ3n) is 4.48. The zero-order valence-corrected chi connectivity index (χ0v) is 19.6. The molecule has 34 heavy (non-hydrogen) atoms. The fourth-order valence-corrected chi connectivity index (χ4v) is 2.94. The van der Waals surface area contributed by atoms with Crippen molar-refractivity contribution in [2.24, 2.45) is 10.7 Å². The number of aliphatic imine (C=N–C) groups is 1. The molecule has 182 valence electrons. The standard InChI is InChI=1S/C14H17FN4O.C10H12N2O.ClH/c1-2-7-18-14(20)11-5-3-4-6-12(11)19(15)10-13-16-8-9-17-13;1-2-7-12-9-6-4-3-5-8(9)10(11)13;/h2-6H,1,7-10H2,(H,16,17)(H,18,20);2-6,12H,1,7H2,(H2,11,13);1H. The maximum Gasteiger partial charge on any atom is 0.253 e. The van der Waals surface area contributed by atoms with Crippen molar-refractivity contribution in [2.75, 3.05) is 43.2 Å². The second kappa shape index (κ2) is 15.1. The molecule has 2 aromatic carbocycles. The largest absolute Gasteiger partial charge is 0.381 e. The molecule has 8 nitrogen and oxygen atoms in total. The van der Waals surface area contributed by atoms with Crippen LogP contribution in [0, 0.1) is 0 Å². The van der Waals surface area contributed by atoms with Gasteiger partial charge in [0.05, 0.1) is 23.4 Å². The minimum Gasteiger partial charge on any atom is -0.381 e. The molecule has 0 spiro atoms. The molecule has 5 N–H and O–H groups in total. The van der Waals surface area contributed by atoms with Crippen molar-refractivity contribution in [1.82, 2.24) is 10.6 Å². The van der Waals surface area contributed by atoms with Crippen molar-refractivity contribution in [2.45, 2.75) is 0 Å². The van der Waals surface area contributed by atoms with Gasteiger partial charge in [-0.15, -0.1) is 25.6 Å². The van der Waals surface area contributed by atoms with Gasteiger partial charge in [0.15, 0.2) is 0 Å². The van der Waals surface area contributed by atoms with Crippen molar-refractivity contribution >= 4 is 41.4 Å². The summed E-state index contributed by atoms with van der Waals surface area (Å²) in [7, 11) is 0. The summed E-state index contributed by atoms with van der Waals surface area (Å²) < 4.78 is 14.2. The summed E-state index contributed by atoms with van der Waals surface area (Å²) in [6, 6.07) is 13.7. The lowest BCUT2D eigenvalue weighted by molar-refractivity contribution is 0.0956. The van der Waals surface area contributed by atoms with Gasteiger partial charge in [0, 0.05) is 25.3 Å². The lowest BCUT2D eigenvalue weighted by Crippen LogP contribution is -2.32. The van der Waals surface area contributed by atoms with E-state index < -0.39 is 5.91 Å². The molecule has 3 rings (SSSR count). The van der Waals surface area contributed by atoms with E-state index in [-0.39, 0.29) is 36.1 Å². The second-order valence-electron chi connectivity index (χ2n) is 6.87. The number of nitrogens with one attached hydrogen (secondary N) is 3. The van der Waals surface area contributed by atoms with Crippen LogP contribution < -0.4 is 26.8 Å². The normalized spacial score (nSPS) is 11.4. The molecule has 10 heteroatoms. The van der Waals surface area contributed by atoms with Crippen molar-refractivity contribution in [3.8, 4) is 0 Å². The Kier molecular flexibility index (Phi) is 12.5. The molecule has 0 aromatic heterocycles. The molecule has 2 amide bonds. The van der Waals surface area contributed by atoms with Crippen LogP contribution in [0.15, 0.2) is 78.8 Å². The Morgan fingerprint density at radius 3 is 2.35 bits per heavy atom. The number of rotatable bonds is 10. The van der Waals surface area contributed by atoms with Gasteiger partial charge in [-0.3, -0.25) is 14.6 Å². The van der Waals surface area contributed by atoms with E-state index >= 15 is 0 Å². The molecule has 0 bridgehead atoms. The molecule has 0 radical (unpaired) electrons. The minimum atomic E-state index is -0.424. The SMILES string of the molecule is C=CCNC(=O)c1ccccc1N(F)CC1=NCCN1.C=CCNc1ccccc1C(N)=O.Cl. The van der Waals surface area contributed by atoms with Crippen LogP contribution in [0.2, 0.25) is 0 Å². The highest BCUT2D eigenvalue weighted by molar-refractivity contribution is 6.00. The zero-order chi connectivity index (χ0) is 24.1. The van der Waals surface area contributed by atoms with Crippen molar-refractivity contribution in [3.63, 3.8) is 0 Å². The third kappa shape index (κ3) is 8.59. The average molecular weight is 489 g/mol. The monoisotopic (exact) mass is 488 g/mol. The Bertz CT molecular complexity index is 1010. The Balaban J connectivity index is 0.000000360. The van der Waals surface area contributed by atoms with Crippen LogP contribution in [0.4, 0.5) is 15.9 Å². The van der Waals surface area contributed by atoms with Crippen LogP contribution >= 0.6 is 12.4 Å². The molecule has 0 saturated carbocycles. The smallest absolute Gasteiger partial charge is 0.253 e. The molecule has 1 heterocycles. The summed E-state index contributed by atoms with van der Waals surface area (Å²) >= 11 is 0. The molecular weight excluding hydrogens is 459 g/mol. The van der Waals surface area contributed by atoms with Crippen LogP contribution in [0.1, 0.15) is 20.7 Å². The third-order valence-corrected chi connectivity index (χ3v) is 4.48. The van der Waals surface area contributed by atoms with Gasteiger partial charge in [0.1, 0.15) is 12.4 Å². The predicted octanol–water partition coefficient (Wildman–Crippen LogP) is 3.10.